The summed E-state index contributed by atoms with van der Waals surface area (Å²) in [6.45, 7) is 5.02. The molecule has 1 aliphatic heterocycles. The number of nitrogens with zero attached hydrogens (tertiary/aromatic N) is 1. The van der Waals surface area contributed by atoms with Gasteiger partial charge in [0.05, 0.1) is 13.2 Å². The van der Waals surface area contributed by atoms with Crippen molar-refractivity contribution in [3.63, 3.8) is 0 Å². The Morgan fingerprint density at radius 2 is 2.00 bits per heavy atom. The molecule has 0 saturated carbocycles. The minimum atomic E-state index is -0.615. The first-order chi connectivity index (χ1) is 6.29. The maximum Gasteiger partial charge on any atom is 0.0594 e. The van der Waals surface area contributed by atoms with Gasteiger partial charge in [0.15, 0.2) is 0 Å². The van der Waals surface area contributed by atoms with Crippen LogP contribution in [0.25, 0.3) is 0 Å². The zero-order valence-corrected chi connectivity index (χ0v) is 9.15. The van der Waals surface area contributed by atoms with Crippen molar-refractivity contribution in [2.45, 2.75) is 12.8 Å². The predicted molar refractivity (Wildman–Crippen MR) is 55.4 cm³/mol. The number of hydrogen-bond acceptors (Lipinski definition) is 3. The van der Waals surface area contributed by atoms with E-state index in [9.17, 15) is 4.21 Å². The Bertz CT molecular complexity index is 158. The molecule has 1 fully saturated rings. The summed E-state index contributed by atoms with van der Waals surface area (Å²) >= 11 is 0. The summed E-state index contributed by atoms with van der Waals surface area (Å²) in [7, 11) is -0.615. The molecule has 1 aliphatic rings. The van der Waals surface area contributed by atoms with Gasteiger partial charge in [-0.15, -0.1) is 0 Å². The average molecular weight is 205 g/mol. The minimum Gasteiger partial charge on any atom is -0.379 e. The van der Waals surface area contributed by atoms with Gasteiger partial charge in [0.25, 0.3) is 0 Å². The maximum atomic E-state index is 10.8. The molecular weight excluding hydrogens is 186 g/mol. The molecule has 0 aromatic rings. The van der Waals surface area contributed by atoms with E-state index in [0.717, 1.165) is 45.0 Å². The summed E-state index contributed by atoms with van der Waals surface area (Å²) in [6.07, 6.45) is 4.02. The number of unbranched alkanes of at least 4 members (excludes halogenated alkanes) is 1. The van der Waals surface area contributed by atoms with E-state index in [1.807, 2.05) is 0 Å². The van der Waals surface area contributed by atoms with E-state index < -0.39 is 10.8 Å². The molecule has 0 aromatic carbocycles. The van der Waals surface area contributed by atoms with E-state index in [4.69, 9.17) is 4.74 Å². The Morgan fingerprint density at radius 3 is 2.62 bits per heavy atom. The zero-order chi connectivity index (χ0) is 9.52. The Balaban J connectivity index is 1.95. The molecule has 1 rings (SSSR count). The third kappa shape index (κ3) is 5.39. The van der Waals surface area contributed by atoms with Crippen LogP contribution in [0.1, 0.15) is 12.8 Å². The van der Waals surface area contributed by atoms with Crippen LogP contribution in [0.5, 0.6) is 0 Å². The highest BCUT2D eigenvalue weighted by atomic mass is 32.2. The van der Waals surface area contributed by atoms with Crippen molar-refractivity contribution < 1.29 is 8.95 Å². The summed E-state index contributed by atoms with van der Waals surface area (Å²) in [5, 5.41) is 0. The first-order valence-corrected chi connectivity index (χ1v) is 6.62. The van der Waals surface area contributed by atoms with Crippen LogP contribution in [0.2, 0.25) is 0 Å². The molecule has 1 atom stereocenters. The fourth-order valence-corrected chi connectivity index (χ4v) is 2.08. The SMILES string of the molecule is CS(=O)CCCCN1CCOCC1. The van der Waals surface area contributed by atoms with Gasteiger partial charge in [-0.3, -0.25) is 9.11 Å². The largest absolute Gasteiger partial charge is 0.379 e. The van der Waals surface area contributed by atoms with Gasteiger partial charge < -0.3 is 4.74 Å². The van der Waals surface area contributed by atoms with Gasteiger partial charge >= 0.3 is 0 Å². The molecule has 0 aromatic heterocycles. The van der Waals surface area contributed by atoms with Crippen molar-refractivity contribution in [3.8, 4) is 0 Å². The van der Waals surface area contributed by atoms with Gasteiger partial charge in [0, 0.05) is 35.9 Å². The third-order valence-corrected chi connectivity index (χ3v) is 3.12. The minimum absolute atomic E-state index is 0.615. The zero-order valence-electron chi connectivity index (χ0n) is 8.33. The van der Waals surface area contributed by atoms with Crippen molar-refractivity contribution >= 4 is 10.8 Å². The monoisotopic (exact) mass is 205 g/mol. The molecule has 0 N–H and O–H groups in total. The van der Waals surface area contributed by atoms with Gasteiger partial charge in [-0.1, -0.05) is 0 Å². The summed E-state index contributed by atoms with van der Waals surface area (Å²) < 4.78 is 16.0. The van der Waals surface area contributed by atoms with Crippen LogP contribution in [-0.4, -0.2) is 54.0 Å². The molecule has 1 heterocycles. The summed E-state index contributed by atoms with van der Waals surface area (Å²) in [5.41, 5.74) is 0. The van der Waals surface area contributed by atoms with Crippen LogP contribution in [-0.2, 0) is 15.5 Å². The van der Waals surface area contributed by atoms with Crippen molar-refractivity contribution in [1.29, 1.82) is 0 Å². The third-order valence-electron chi connectivity index (χ3n) is 2.26. The lowest BCUT2D eigenvalue weighted by Gasteiger charge is -2.26. The molecule has 13 heavy (non-hydrogen) atoms. The van der Waals surface area contributed by atoms with Crippen molar-refractivity contribution in [3.05, 3.63) is 0 Å². The Kier molecular flexibility index (Phi) is 5.58. The van der Waals surface area contributed by atoms with Gasteiger partial charge in [-0.2, -0.15) is 0 Å². The second kappa shape index (κ2) is 6.51. The molecular formula is C9H19NO2S. The fourth-order valence-electron chi connectivity index (χ4n) is 1.47. The van der Waals surface area contributed by atoms with E-state index in [0.29, 0.717) is 0 Å². The Labute approximate surface area is 82.9 Å². The number of morpholine rings is 1. The van der Waals surface area contributed by atoms with Crippen LogP contribution in [0, 0.1) is 0 Å². The van der Waals surface area contributed by atoms with Gasteiger partial charge in [0.2, 0.25) is 0 Å². The van der Waals surface area contributed by atoms with Crippen molar-refractivity contribution in [1.82, 2.24) is 4.90 Å². The number of rotatable bonds is 5. The van der Waals surface area contributed by atoms with Gasteiger partial charge in [-0.25, -0.2) is 0 Å². The van der Waals surface area contributed by atoms with Crippen LogP contribution < -0.4 is 0 Å². The van der Waals surface area contributed by atoms with E-state index in [1.54, 1.807) is 6.26 Å². The summed E-state index contributed by atoms with van der Waals surface area (Å²) in [4.78, 5) is 2.42. The van der Waals surface area contributed by atoms with Crippen LogP contribution in [0.4, 0.5) is 0 Å². The molecule has 78 valence electrons. The van der Waals surface area contributed by atoms with E-state index in [2.05, 4.69) is 4.90 Å². The van der Waals surface area contributed by atoms with Gasteiger partial charge in [0.1, 0.15) is 0 Å². The molecule has 0 aliphatic carbocycles. The summed E-state index contributed by atoms with van der Waals surface area (Å²) in [6, 6.07) is 0. The van der Waals surface area contributed by atoms with Crippen molar-refractivity contribution in [2.75, 3.05) is 44.9 Å². The number of ether oxygens (including phenoxy) is 1. The van der Waals surface area contributed by atoms with Crippen LogP contribution in [0.3, 0.4) is 0 Å². The molecule has 0 radical (unpaired) electrons. The highest BCUT2D eigenvalue weighted by Crippen LogP contribution is 2.00. The quantitative estimate of drug-likeness (QED) is 0.611. The molecule has 0 spiro atoms. The molecule has 1 unspecified atom stereocenters. The first kappa shape index (κ1) is 11.1. The highest BCUT2D eigenvalue weighted by molar-refractivity contribution is 7.84. The lowest BCUT2D eigenvalue weighted by molar-refractivity contribution is 0.0374. The lowest BCUT2D eigenvalue weighted by atomic mass is 10.3. The molecule has 0 amide bonds. The molecule has 0 bridgehead atoms. The number of hydrogen-bond donors (Lipinski definition) is 0. The molecule has 3 nitrogen and oxygen atoms in total. The van der Waals surface area contributed by atoms with Crippen LogP contribution >= 0.6 is 0 Å². The second-order valence-corrected chi connectivity index (χ2v) is 4.99. The summed E-state index contributed by atoms with van der Waals surface area (Å²) in [5.74, 6) is 0.852. The first-order valence-electron chi connectivity index (χ1n) is 4.89. The molecule has 1 saturated heterocycles. The maximum absolute atomic E-state index is 10.8. The average Bonchev–Trinajstić information content (AvgIpc) is 2.14. The lowest BCUT2D eigenvalue weighted by Crippen LogP contribution is -2.36. The van der Waals surface area contributed by atoms with E-state index >= 15 is 0 Å². The Hall–Kier alpha value is 0.0700. The fraction of sp³-hybridized carbons (Fsp3) is 1.00. The van der Waals surface area contributed by atoms with E-state index in [-0.39, 0.29) is 0 Å². The molecule has 4 heteroatoms. The van der Waals surface area contributed by atoms with Gasteiger partial charge in [-0.05, 0) is 19.4 Å². The van der Waals surface area contributed by atoms with E-state index in [1.165, 1.54) is 6.42 Å². The topological polar surface area (TPSA) is 29.5 Å². The smallest absolute Gasteiger partial charge is 0.0594 e. The van der Waals surface area contributed by atoms with Crippen LogP contribution in [0.15, 0.2) is 0 Å². The highest BCUT2D eigenvalue weighted by Gasteiger charge is 2.08. The normalized spacial score (nSPS) is 21.6. The second-order valence-electron chi connectivity index (χ2n) is 3.44. The Morgan fingerprint density at radius 1 is 1.31 bits per heavy atom. The van der Waals surface area contributed by atoms with Crippen molar-refractivity contribution in [2.24, 2.45) is 0 Å². The predicted octanol–water partition coefficient (Wildman–Crippen LogP) is 0.477. The standard InChI is InChI=1S/C9H19NO2S/c1-13(11)9-3-2-4-10-5-7-12-8-6-10/h2-9H2,1H3.